The van der Waals surface area contributed by atoms with Gasteiger partial charge in [-0.05, 0) is 18.2 Å². The summed E-state index contributed by atoms with van der Waals surface area (Å²) >= 11 is 0. The van der Waals surface area contributed by atoms with Crippen LogP contribution in [0.4, 0.5) is 0 Å². The number of amides is 2. The lowest BCUT2D eigenvalue weighted by molar-refractivity contribution is 0.0841. The number of aromatic nitrogens is 4. The molecule has 33 heavy (non-hydrogen) atoms. The molecule has 8 nitrogen and oxygen atoms in total. The number of hydrogen-bond acceptors (Lipinski definition) is 4. The second-order valence-electron chi connectivity index (χ2n) is 8.73. The number of hydrogen-bond donors (Lipinski definition) is 2. The number of aryl methyl sites for hydroxylation is 1. The Hall–Kier alpha value is -4.20. The van der Waals surface area contributed by atoms with Crippen LogP contribution in [0.25, 0.3) is 16.9 Å². The number of para-hydroxylation sites is 1. The van der Waals surface area contributed by atoms with Crippen LogP contribution in [-0.4, -0.2) is 31.4 Å². The smallest absolute Gasteiger partial charge is 0.267 e. The maximum atomic E-state index is 13.1. The third-order valence-electron chi connectivity index (χ3n) is 5.20. The van der Waals surface area contributed by atoms with Crippen molar-refractivity contribution in [1.29, 1.82) is 0 Å². The zero-order valence-electron chi connectivity index (χ0n) is 19.0. The second-order valence-corrected chi connectivity index (χ2v) is 8.73. The van der Waals surface area contributed by atoms with E-state index >= 15 is 0 Å². The van der Waals surface area contributed by atoms with Crippen LogP contribution < -0.4 is 10.9 Å². The highest BCUT2D eigenvalue weighted by molar-refractivity contribution is 6.02. The van der Waals surface area contributed by atoms with Crippen molar-refractivity contribution in [2.24, 2.45) is 7.05 Å². The Morgan fingerprint density at radius 1 is 0.848 bits per heavy atom. The van der Waals surface area contributed by atoms with Crippen LogP contribution in [-0.2, 0) is 12.5 Å². The first-order chi connectivity index (χ1) is 15.7. The molecule has 8 heteroatoms. The zero-order valence-corrected chi connectivity index (χ0v) is 19.0. The minimum atomic E-state index is -0.470. The molecule has 2 amide bonds. The van der Waals surface area contributed by atoms with Crippen molar-refractivity contribution in [1.82, 2.24) is 30.4 Å². The van der Waals surface area contributed by atoms with E-state index in [1.807, 2.05) is 81.4 Å². The molecule has 0 fully saturated rings. The topological polar surface area (TPSA) is 93.8 Å². The molecular weight excluding hydrogens is 416 g/mol. The van der Waals surface area contributed by atoms with Crippen molar-refractivity contribution < 1.29 is 9.59 Å². The largest absolute Gasteiger partial charge is 0.287 e. The summed E-state index contributed by atoms with van der Waals surface area (Å²) in [5.41, 5.74) is 8.42. The average Bonchev–Trinajstić information content (AvgIpc) is 3.43. The molecule has 0 aliphatic rings. The first kappa shape index (κ1) is 22.0. The molecule has 4 aromatic rings. The fourth-order valence-corrected chi connectivity index (χ4v) is 3.35. The molecule has 2 heterocycles. The fraction of sp³-hybridized carbons (Fsp3) is 0.200. The zero-order chi connectivity index (χ0) is 23.6. The Labute approximate surface area is 192 Å². The van der Waals surface area contributed by atoms with Gasteiger partial charge in [0.05, 0.1) is 16.9 Å². The van der Waals surface area contributed by atoms with Gasteiger partial charge in [-0.2, -0.15) is 10.2 Å². The lowest BCUT2D eigenvalue weighted by Gasteiger charge is -2.13. The molecule has 0 saturated heterocycles. The number of nitrogens with one attached hydrogen (secondary N) is 2. The Bertz CT molecular complexity index is 1280. The van der Waals surface area contributed by atoms with E-state index in [2.05, 4.69) is 21.0 Å². The summed E-state index contributed by atoms with van der Waals surface area (Å²) in [4.78, 5) is 25.8. The number of nitrogens with zero attached hydrogens (tertiary/aromatic N) is 4. The maximum absolute atomic E-state index is 13.1. The van der Waals surface area contributed by atoms with Crippen LogP contribution in [0.15, 0.2) is 72.9 Å². The summed E-state index contributed by atoms with van der Waals surface area (Å²) < 4.78 is 3.15. The van der Waals surface area contributed by atoms with Gasteiger partial charge in [0, 0.05) is 24.2 Å². The third kappa shape index (κ3) is 4.69. The Kier molecular flexibility index (Phi) is 5.83. The van der Waals surface area contributed by atoms with Gasteiger partial charge < -0.3 is 0 Å². The molecule has 0 atom stereocenters. The van der Waals surface area contributed by atoms with Crippen LogP contribution in [0.2, 0.25) is 0 Å². The molecule has 0 radical (unpaired) electrons. The monoisotopic (exact) mass is 442 g/mol. The van der Waals surface area contributed by atoms with Crippen LogP contribution in [0.1, 0.15) is 47.3 Å². The quantitative estimate of drug-likeness (QED) is 0.472. The maximum Gasteiger partial charge on any atom is 0.287 e. The van der Waals surface area contributed by atoms with E-state index in [1.54, 1.807) is 24.0 Å². The highest BCUT2D eigenvalue weighted by Gasteiger charge is 2.23. The molecule has 168 valence electrons. The SMILES string of the molecule is Cn1nc(C(C)(C)C)cc1C(=O)NNC(=O)c1cn(-c2ccccc2)nc1-c1ccccc1. The molecular formula is C25H26N6O2. The van der Waals surface area contributed by atoms with Crippen molar-refractivity contribution in [3.8, 4) is 16.9 Å². The van der Waals surface area contributed by atoms with Gasteiger partial charge in [0.2, 0.25) is 0 Å². The summed E-state index contributed by atoms with van der Waals surface area (Å²) in [5, 5.41) is 9.04. The van der Waals surface area contributed by atoms with Crippen molar-refractivity contribution in [2.75, 3.05) is 0 Å². The van der Waals surface area contributed by atoms with E-state index in [0.717, 1.165) is 16.9 Å². The van der Waals surface area contributed by atoms with Crippen LogP contribution >= 0.6 is 0 Å². The molecule has 2 aromatic heterocycles. The number of carbonyl (C=O) groups excluding carboxylic acids is 2. The molecule has 0 spiro atoms. The number of benzene rings is 2. The minimum absolute atomic E-state index is 0.198. The standard InChI is InChI=1S/C25H26N6O2/c1-25(2,3)21-15-20(30(4)28-21)24(33)27-26-23(32)19-16-31(18-13-9-6-10-14-18)29-22(19)17-11-7-5-8-12-17/h5-16H,1-4H3,(H,26,32)(H,27,33). The van der Waals surface area contributed by atoms with E-state index in [4.69, 9.17) is 0 Å². The van der Waals surface area contributed by atoms with E-state index in [9.17, 15) is 9.59 Å². The highest BCUT2D eigenvalue weighted by Crippen LogP contribution is 2.24. The Balaban J connectivity index is 1.58. The first-order valence-electron chi connectivity index (χ1n) is 10.6. The predicted octanol–water partition coefficient (Wildman–Crippen LogP) is 3.65. The van der Waals surface area contributed by atoms with Gasteiger partial charge in [0.25, 0.3) is 11.8 Å². The fourth-order valence-electron chi connectivity index (χ4n) is 3.35. The molecule has 0 aliphatic heterocycles. The van der Waals surface area contributed by atoms with Gasteiger partial charge in [-0.1, -0.05) is 69.3 Å². The second kappa shape index (κ2) is 8.74. The van der Waals surface area contributed by atoms with Gasteiger partial charge >= 0.3 is 0 Å². The highest BCUT2D eigenvalue weighted by atomic mass is 16.2. The normalized spacial score (nSPS) is 11.3. The van der Waals surface area contributed by atoms with Crippen molar-refractivity contribution in [3.05, 3.63) is 89.9 Å². The number of carbonyl (C=O) groups is 2. The summed E-state index contributed by atoms with van der Waals surface area (Å²) in [6.07, 6.45) is 1.65. The molecule has 0 bridgehead atoms. The van der Waals surface area contributed by atoms with E-state index < -0.39 is 11.8 Å². The Morgan fingerprint density at radius 2 is 1.45 bits per heavy atom. The lowest BCUT2D eigenvalue weighted by atomic mass is 9.92. The molecule has 4 rings (SSSR count). The van der Waals surface area contributed by atoms with Gasteiger partial charge in [-0.25, -0.2) is 4.68 Å². The molecule has 2 N–H and O–H groups in total. The van der Waals surface area contributed by atoms with Gasteiger partial charge in [0.1, 0.15) is 11.4 Å². The predicted molar refractivity (Wildman–Crippen MR) is 126 cm³/mol. The van der Waals surface area contributed by atoms with Gasteiger partial charge in [0.15, 0.2) is 0 Å². The molecule has 0 aliphatic carbocycles. The lowest BCUT2D eigenvalue weighted by Crippen LogP contribution is -2.42. The van der Waals surface area contributed by atoms with Crippen molar-refractivity contribution in [3.63, 3.8) is 0 Å². The van der Waals surface area contributed by atoms with E-state index in [0.29, 0.717) is 17.0 Å². The molecule has 0 saturated carbocycles. The van der Waals surface area contributed by atoms with Crippen molar-refractivity contribution in [2.45, 2.75) is 26.2 Å². The van der Waals surface area contributed by atoms with Crippen molar-refractivity contribution >= 4 is 11.8 Å². The molecule has 0 unspecified atom stereocenters. The van der Waals surface area contributed by atoms with Crippen LogP contribution in [0, 0.1) is 0 Å². The summed E-state index contributed by atoms with van der Waals surface area (Å²) in [5.74, 6) is -0.923. The van der Waals surface area contributed by atoms with Crippen LogP contribution in [0.3, 0.4) is 0 Å². The van der Waals surface area contributed by atoms with E-state index in [-0.39, 0.29) is 5.41 Å². The van der Waals surface area contributed by atoms with Gasteiger partial charge in [-0.3, -0.25) is 25.1 Å². The molecule has 2 aromatic carbocycles. The minimum Gasteiger partial charge on any atom is -0.267 e. The summed E-state index contributed by atoms with van der Waals surface area (Å²) in [6.45, 7) is 6.07. The van der Waals surface area contributed by atoms with E-state index in [1.165, 1.54) is 4.68 Å². The average molecular weight is 443 g/mol. The first-order valence-corrected chi connectivity index (χ1v) is 10.6. The van der Waals surface area contributed by atoms with Crippen LogP contribution in [0.5, 0.6) is 0 Å². The Morgan fingerprint density at radius 3 is 2.06 bits per heavy atom. The van der Waals surface area contributed by atoms with Gasteiger partial charge in [-0.15, -0.1) is 0 Å². The number of rotatable bonds is 4. The summed E-state index contributed by atoms with van der Waals surface area (Å²) in [7, 11) is 1.70. The third-order valence-corrected chi connectivity index (χ3v) is 5.20. The number of hydrazine groups is 1. The summed E-state index contributed by atoms with van der Waals surface area (Å²) in [6, 6.07) is 20.7.